The maximum absolute atomic E-state index is 13.9. The summed E-state index contributed by atoms with van der Waals surface area (Å²) in [5.41, 5.74) is 3.76. The fourth-order valence-electron chi connectivity index (χ4n) is 6.52. The molecule has 6 N–H and O–H groups in total. The van der Waals surface area contributed by atoms with Crippen LogP contribution in [0.1, 0.15) is 54.1 Å². The van der Waals surface area contributed by atoms with E-state index in [1.807, 2.05) is 13.8 Å². The highest BCUT2D eigenvalue weighted by atomic mass is 35.5. The standard InChI is InChI=1S/C29H28ClN3O8/c1-11(2)16-10-18(33-28(40)32-15-5-3-4-14(30)9-15)23(35)21-17(16)7-12-6-13-8-19(34)22(27(31)39)26(38)29(13,41)25(37)20(12)24(21)36/h3-5,9-13,20,22,35,41H,6-8H2,1-2H3,(H2,31,39)(H2,32,33,40)/t12-,13+,20?,22?,29+/m1/s1. The molecule has 3 amide bonds. The molecular weight excluding hydrogens is 554 g/mol. The molecule has 0 heterocycles. The second-order valence-corrected chi connectivity index (χ2v) is 11.6. The predicted octanol–water partition coefficient (Wildman–Crippen LogP) is 2.75. The van der Waals surface area contributed by atoms with Crippen LogP contribution in [0, 0.1) is 23.7 Å². The van der Waals surface area contributed by atoms with E-state index in [0.717, 1.165) is 0 Å². The molecule has 2 aromatic rings. The van der Waals surface area contributed by atoms with Crippen molar-refractivity contribution in [2.45, 2.75) is 44.6 Å². The Morgan fingerprint density at radius 2 is 1.78 bits per heavy atom. The molecule has 0 aliphatic heterocycles. The van der Waals surface area contributed by atoms with E-state index >= 15 is 0 Å². The molecule has 3 aliphatic carbocycles. The number of benzene rings is 2. The lowest BCUT2D eigenvalue weighted by molar-refractivity contribution is -0.175. The zero-order valence-corrected chi connectivity index (χ0v) is 22.9. The van der Waals surface area contributed by atoms with E-state index in [-0.39, 0.29) is 30.0 Å². The van der Waals surface area contributed by atoms with Gasteiger partial charge in [0, 0.05) is 23.0 Å². The van der Waals surface area contributed by atoms with Crippen molar-refractivity contribution in [3.8, 4) is 5.75 Å². The van der Waals surface area contributed by atoms with Gasteiger partial charge in [-0.05, 0) is 60.1 Å². The number of hydrogen-bond donors (Lipinski definition) is 5. The van der Waals surface area contributed by atoms with Crippen molar-refractivity contribution in [2.24, 2.45) is 29.4 Å². The smallest absolute Gasteiger partial charge is 0.323 e. The van der Waals surface area contributed by atoms with Crippen molar-refractivity contribution >= 4 is 58.0 Å². The molecule has 0 spiro atoms. The summed E-state index contributed by atoms with van der Waals surface area (Å²) in [7, 11) is 0. The molecule has 5 atom stereocenters. The quantitative estimate of drug-likeness (QED) is 0.268. The number of aliphatic hydroxyl groups is 1. The van der Waals surface area contributed by atoms with Crippen LogP contribution in [0.15, 0.2) is 30.3 Å². The van der Waals surface area contributed by atoms with Gasteiger partial charge in [0.2, 0.25) is 5.91 Å². The fraction of sp³-hybridized carbons (Fsp3) is 0.379. The van der Waals surface area contributed by atoms with Crippen molar-refractivity contribution < 1.29 is 39.0 Å². The summed E-state index contributed by atoms with van der Waals surface area (Å²) < 4.78 is 0. The molecule has 2 unspecified atom stereocenters. The van der Waals surface area contributed by atoms with Crippen molar-refractivity contribution in [3.05, 3.63) is 52.0 Å². The van der Waals surface area contributed by atoms with Gasteiger partial charge in [0.15, 0.2) is 34.7 Å². The number of nitrogens with one attached hydrogen (secondary N) is 2. The number of halogens is 1. The Labute approximate surface area is 239 Å². The topological polar surface area (TPSA) is 193 Å². The Balaban J connectivity index is 1.53. The van der Waals surface area contributed by atoms with Crippen LogP contribution in [0.4, 0.5) is 16.2 Å². The second-order valence-electron chi connectivity index (χ2n) is 11.2. The number of hydrogen-bond acceptors (Lipinski definition) is 8. The van der Waals surface area contributed by atoms with Crippen molar-refractivity contribution in [1.82, 2.24) is 0 Å². The number of phenols is 1. The van der Waals surface area contributed by atoms with Crippen LogP contribution in [-0.4, -0.2) is 50.9 Å². The van der Waals surface area contributed by atoms with E-state index in [1.54, 1.807) is 24.3 Å². The van der Waals surface area contributed by atoms with Crippen LogP contribution >= 0.6 is 11.6 Å². The molecule has 2 saturated carbocycles. The lowest BCUT2D eigenvalue weighted by Crippen LogP contribution is -2.68. The van der Waals surface area contributed by atoms with E-state index in [1.165, 1.54) is 6.07 Å². The third kappa shape index (κ3) is 4.49. The molecule has 0 saturated heterocycles. The molecule has 0 bridgehead atoms. The first-order chi connectivity index (χ1) is 19.2. The molecule has 2 fully saturated rings. The number of anilines is 2. The minimum absolute atomic E-state index is 0.00138. The Morgan fingerprint density at radius 1 is 1.07 bits per heavy atom. The van der Waals surface area contributed by atoms with Gasteiger partial charge >= 0.3 is 6.03 Å². The van der Waals surface area contributed by atoms with Crippen LogP contribution < -0.4 is 16.4 Å². The summed E-state index contributed by atoms with van der Waals surface area (Å²) in [4.78, 5) is 77.9. The van der Waals surface area contributed by atoms with Crippen molar-refractivity contribution in [1.29, 1.82) is 0 Å². The van der Waals surface area contributed by atoms with E-state index in [2.05, 4.69) is 10.6 Å². The van der Waals surface area contributed by atoms with E-state index in [9.17, 15) is 39.0 Å². The highest BCUT2D eigenvalue weighted by molar-refractivity contribution is 6.32. The second kappa shape index (κ2) is 10.1. The number of fused-ring (bicyclic) bond motifs is 3. The lowest BCUT2D eigenvalue weighted by atomic mass is 9.53. The SMILES string of the molecule is CC(C)c1cc(NC(=O)Nc2cccc(Cl)c2)c(O)c2c1C[C@H]1C[C@H]3CC(=O)C(C(N)=O)C(=O)[C@@]3(O)C(=O)C1C2=O. The summed E-state index contributed by atoms with van der Waals surface area (Å²) >= 11 is 5.97. The summed E-state index contributed by atoms with van der Waals surface area (Å²) in [5.74, 6) is -11.2. The summed E-state index contributed by atoms with van der Waals surface area (Å²) in [6, 6.07) is 7.24. The van der Waals surface area contributed by atoms with Gasteiger partial charge in [-0.1, -0.05) is 31.5 Å². The molecular formula is C29H28ClN3O8. The highest BCUT2D eigenvalue weighted by Gasteiger charge is 2.66. The van der Waals surface area contributed by atoms with Crippen molar-refractivity contribution in [2.75, 3.05) is 10.6 Å². The number of ketones is 4. The minimum Gasteiger partial charge on any atom is -0.505 e. The van der Waals surface area contributed by atoms with Gasteiger partial charge in [-0.2, -0.15) is 0 Å². The Hall–Kier alpha value is -4.09. The number of rotatable bonds is 4. The number of amides is 3. The summed E-state index contributed by atoms with van der Waals surface area (Å²) in [5, 5.41) is 28.1. The number of carbonyl (C=O) groups is 6. The number of phenolic OH excluding ortho intramolecular Hbond substituents is 1. The third-order valence-corrected chi connectivity index (χ3v) is 8.62. The molecule has 41 heavy (non-hydrogen) atoms. The predicted molar refractivity (Wildman–Crippen MR) is 147 cm³/mol. The molecule has 11 nitrogen and oxygen atoms in total. The maximum atomic E-state index is 13.9. The van der Waals surface area contributed by atoms with E-state index in [4.69, 9.17) is 17.3 Å². The summed E-state index contributed by atoms with van der Waals surface area (Å²) in [6.07, 6.45) is -0.248. The average Bonchev–Trinajstić information content (AvgIpc) is 2.87. The van der Waals surface area contributed by atoms with Crippen LogP contribution in [0.25, 0.3) is 0 Å². The molecule has 12 heteroatoms. The molecule has 214 valence electrons. The number of aromatic hydroxyl groups is 1. The molecule has 5 rings (SSSR count). The normalized spacial score (nSPS) is 27.1. The van der Waals surface area contributed by atoms with E-state index in [0.29, 0.717) is 21.8 Å². The van der Waals surface area contributed by atoms with E-state index < -0.39 is 76.5 Å². The number of urea groups is 1. The largest absolute Gasteiger partial charge is 0.505 e. The number of Topliss-reactive ketones (excluding diaryl/α,β-unsaturated/α-hetero) is 4. The molecule has 0 radical (unpaired) electrons. The average molecular weight is 582 g/mol. The molecule has 0 aromatic heterocycles. The lowest BCUT2D eigenvalue weighted by Gasteiger charge is -2.48. The third-order valence-electron chi connectivity index (χ3n) is 8.39. The first kappa shape index (κ1) is 28.4. The maximum Gasteiger partial charge on any atom is 0.323 e. The monoisotopic (exact) mass is 581 g/mol. The minimum atomic E-state index is -2.73. The number of nitrogens with two attached hydrogens (primary N) is 1. The van der Waals surface area contributed by atoms with Crippen LogP contribution in [0.3, 0.4) is 0 Å². The van der Waals surface area contributed by atoms with Crippen LogP contribution in [-0.2, 0) is 25.6 Å². The zero-order valence-electron chi connectivity index (χ0n) is 22.2. The fourth-order valence-corrected chi connectivity index (χ4v) is 6.71. The van der Waals surface area contributed by atoms with Gasteiger partial charge < -0.3 is 26.6 Å². The van der Waals surface area contributed by atoms with Gasteiger partial charge in [-0.3, -0.25) is 24.0 Å². The van der Waals surface area contributed by atoms with Gasteiger partial charge in [0.25, 0.3) is 0 Å². The number of carbonyl (C=O) groups excluding carboxylic acids is 6. The Morgan fingerprint density at radius 3 is 2.41 bits per heavy atom. The zero-order chi connectivity index (χ0) is 30.0. The van der Waals surface area contributed by atoms with Crippen LogP contribution in [0.5, 0.6) is 5.75 Å². The summed E-state index contributed by atoms with van der Waals surface area (Å²) in [6.45, 7) is 3.73. The van der Waals surface area contributed by atoms with Crippen molar-refractivity contribution in [3.63, 3.8) is 0 Å². The first-order valence-electron chi connectivity index (χ1n) is 13.1. The van der Waals surface area contributed by atoms with Gasteiger partial charge in [0.05, 0.1) is 17.2 Å². The van der Waals surface area contributed by atoms with Crippen LogP contribution in [0.2, 0.25) is 5.02 Å². The Kier molecular flexibility index (Phi) is 6.99. The highest BCUT2D eigenvalue weighted by Crippen LogP contribution is 2.51. The first-order valence-corrected chi connectivity index (χ1v) is 13.5. The molecule has 3 aliphatic rings. The van der Waals surface area contributed by atoms with Gasteiger partial charge in [-0.15, -0.1) is 0 Å². The van der Waals surface area contributed by atoms with Gasteiger partial charge in [0.1, 0.15) is 5.75 Å². The van der Waals surface area contributed by atoms with Gasteiger partial charge in [-0.25, -0.2) is 4.79 Å². The Bertz CT molecular complexity index is 1550. The molecule has 2 aromatic carbocycles. The number of primary amides is 1.